The molecule has 80 valence electrons. The van der Waals surface area contributed by atoms with Crippen LogP contribution in [0.15, 0.2) is 12.7 Å². The van der Waals surface area contributed by atoms with E-state index >= 15 is 0 Å². The summed E-state index contributed by atoms with van der Waals surface area (Å²) < 4.78 is 5.36. The van der Waals surface area contributed by atoms with Gasteiger partial charge in [0.1, 0.15) is 0 Å². The van der Waals surface area contributed by atoms with E-state index in [9.17, 15) is 4.79 Å². The number of carboxylic acid groups (broad SMARTS) is 1. The molecule has 0 aromatic carbocycles. The first-order valence-corrected chi connectivity index (χ1v) is 4.83. The van der Waals surface area contributed by atoms with Gasteiger partial charge in [-0.05, 0) is 6.92 Å². The van der Waals surface area contributed by atoms with E-state index in [1.807, 2.05) is 6.08 Å². The molecule has 2 unspecified atom stereocenters. The van der Waals surface area contributed by atoms with Crippen LogP contribution in [0, 0.1) is 0 Å². The Balaban J connectivity index is 2.43. The first kappa shape index (κ1) is 11.2. The number of morpholine rings is 1. The summed E-state index contributed by atoms with van der Waals surface area (Å²) in [5.74, 6) is -0.803. The summed E-state index contributed by atoms with van der Waals surface area (Å²) in [6.45, 7) is 7.91. The number of carboxylic acids is 1. The van der Waals surface area contributed by atoms with E-state index in [0.29, 0.717) is 13.2 Å². The standard InChI is InChI=1S/C10H17NO3/c1-3-8(2)11-4-5-14-9(7-11)6-10(12)13/h3,8-9H,1,4-7H2,2H3,(H,12,13). The van der Waals surface area contributed by atoms with Crippen molar-refractivity contribution in [3.63, 3.8) is 0 Å². The molecule has 1 heterocycles. The highest BCUT2D eigenvalue weighted by Crippen LogP contribution is 2.11. The SMILES string of the molecule is C=CC(C)N1CCOC(CC(=O)O)C1. The van der Waals surface area contributed by atoms with Crippen molar-refractivity contribution >= 4 is 5.97 Å². The van der Waals surface area contributed by atoms with Crippen molar-refractivity contribution < 1.29 is 14.6 Å². The second-order valence-corrected chi connectivity index (χ2v) is 3.56. The minimum Gasteiger partial charge on any atom is -0.481 e. The van der Waals surface area contributed by atoms with Gasteiger partial charge in [-0.15, -0.1) is 6.58 Å². The van der Waals surface area contributed by atoms with E-state index in [0.717, 1.165) is 6.54 Å². The largest absolute Gasteiger partial charge is 0.481 e. The Labute approximate surface area is 84.2 Å². The summed E-state index contributed by atoms with van der Waals surface area (Å²) in [4.78, 5) is 12.7. The third-order valence-corrected chi connectivity index (χ3v) is 2.49. The molecule has 4 heteroatoms. The Morgan fingerprint density at radius 2 is 2.57 bits per heavy atom. The van der Waals surface area contributed by atoms with Crippen LogP contribution >= 0.6 is 0 Å². The number of hydrogen-bond donors (Lipinski definition) is 1. The summed E-state index contributed by atoms with van der Waals surface area (Å²) in [5.41, 5.74) is 0. The molecule has 0 radical (unpaired) electrons. The van der Waals surface area contributed by atoms with Gasteiger partial charge in [0.25, 0.3) is 0 Å². The molecule has 1 aliphatic rings. The van der Waals surface area contributed by atoms with Gasteiger partial charge < -0.3 is 9.84 Å². The monoisotopic (exact) mass is 199 g/mol. The van der Waals surface area contributed by atoms with E-state index < -0.39 is 5.97 Å². The molecule has 1 N–H and O–H groups in total. The molecular weight excluding hydrogens is 182 g/mol. The molecule has 0 aromatic rings. The number of rotatable bonds is 4. The predicted molar refractivity (Wildman–Crippen MR) is 53.2 cm³/mol. The van der Waals surface area contributed by atoms with Gasteiger partial charge in [0.05, 0.1) is 19.1 Å². The van der Waals surface area contributed by atoms with Gasteiger partial charge in [0.2, 0.25) is 0 Å². The molecule has 0 amide bonds. The van der Waals surface area contributed by atoms with E-state index in [1.54, 1.807) is 0 Å². The van der Waals surface area contributed by atoms with E-state index in [-0.39, 0.29) is 18.6 Å². The van der Waals surface area contributed by atoms with Crippen LogP contribution < -0.4 is 0 Å². The van der Waals surface area contributed by atoms with Crippen molar-refractivity contribution in [2.75, 3.05) is 19.7 Å². The number of hydrogen-bond acceptors (Lipinski definition) is 3. The molecule has 0 aromatic heterocycles. The Bertz CT molecular complexity index is 217. The molecule has 14 heavy (non-hydrogen) atoms. The Kier molecular flexibility index (Phi) is 4.10. The molecule has 0 aliphatic carbocycles. The summed E-state index contributed by atoms with van der Waals surface area (Å²) in [6, 6.07) is 0.287. The molecular formula is C10H17NO3. The van der Waals surface area contributed by atoms with Crippen molar-refractivity contribution in [1.29, 1.82) is 0 Å². The minimum absolute atomic E-state index is 0.0837. The van der Waals surface area contributed by atoms with E-state index in [2.05, 4.69) is 18.4 Å². The van der Waals surface area contributed by atoms with Crippen LogP contribution in [0.5, 0.6) is 0 Å². The smallest absolute Gasteiger partial charge is 0.306 e. The lowest BCUT2D eigenvalue weighted by Gasteiger charge is -2.35. The highest BCUT2D eigenvalue weighted by atomic mass is 16.5. The maximum absolute atomic E-state index is 10.5. The zero-order chi connectivity index (χ0) is 10.6. The lowest BCUT2D eigenvalue weighted by Crippen LogP contribution is -2.46. The molecule has 1 aliphatic heterocycles. The third kappa shape index (κ3) is 3.12. The maximum Gasteiger partial charge on any atom is 0.306 e. The second-order valence-electron chi connectivity index (χ2n) is 3.56. The molecule has 0 spiro atoms. The van der Waals surface area contributed by atoms with Crippen molar-refractivity contribution in [1.82, 2.24) is 4.90 Å². The van der Waals surface area contributed by atoms with Gasteiger partial charge in [-0.2, -0.15) is 0 Å². The minimum atomic E-state index is -0.803. The average molecular weight is 199 g/mol. The second kappa shape index (κ2) is 5.12. The van der Waals surface area contributed by atoms with Crippen LogP contribution in [0.25, 0.3) is 0 Å². The quantitative estimate of drug-likeness (QED) is 0.678. The Morgan fingerprint density at radius 1 is 1.86 bits per heavy atom. The van der Waals surface area contributed by atoms with Gasteiger partial charge in [0, 0.05) is 19.1 Å². The van der Waals surface area contributed by atoms with Crippen LogP contribution in [0.4, 0.5) is 0 Å². The fraction of sp³-hybridized carbons (Fsp3) is 0.700. The van der Waals surface area contributed by atoms with Gasteiger partial charge in [0.15, 0.2) is 0 Å². The summed E-state index contributed by atoms with van der Waals surface area (Å²) in [6.07, 6.45) is 1.77. The number of nitrogens with zero attached hydrogens (tertiary/aromatic N) is 1. The summed E-state index contributed by atoms with van der Waals surface area (Å²) in [7, 11) is 0. The van der Waals surface area contributed by atoms with Crippen molar-refractivity contribution in [2.45, 2.75) is 25.5 Å². The molecule has 2 atom stereocenters. The normalized spacial score (nSPS) is 25.6. The molecule has 0 saturated carbocycles. The highest BCUT2D eigenvalue weighted by molar-refractivity contribution is 5.67. The predicted octanol–water partition coefficient (Wildman–Crippen LogP) is 0.736. The zero-order valence-corrected chi connectivity index (χ0v) is 8.48. The number of aliphatic carboxylic acids is 1. The van der Waals surface area contributed by atoms with Crippen molar-refractivity contribution in [3.8, 4) is 0 Å². The van der Waals surface area contributed by atoms with Gasteiger partial charge in [-0.3, -0.25) is 9.69 Å². The molecule has 4 nitrogen and oxygen atoms in total. The number of ether oxygens (including phenoxy) is 1. The van der Waals surface area contributed by atoms with Crippen LogP contribution in [0.2, 0.25) is 0 Å². The first-order valence-electron chi connectivity index (χ1n) is 4.83. The maximum atomic E-state index is 10.5. The third-order valence-electron chi connectivity index (χ3n) is 2.49. The zero-order valence-electron chi connectivity index (χ0n) is 8.48. The fourth-order valence-electron chi connectivity index (χ4n) is 1.58. The molecule has 1 saturated heterocycles. The lowest BCUT2D eigenvalue weighted by molar-refractivity contribution is -0.142. The first-order chi connectivity index (χ1) is 6.63. The van der Waals surface area contributed by atoms with Crippen molar-refractivity contribution in [2.24, 2.45) is 0 Å². The van der Waals surface area contributed by atoms with E-state index in [1.165, 1.54) is 0 Å². The van der Waals surface area contributed by atoms with Gasteiger partial charge >= 0.3 is 5.97 Å². The summed E-state index contributed by atoms with van der Waals surface area (Å²) >= 11 is 0. The van der Waals surface area contributed by atoms with Gasteiger partial charge in [-0.1, -0.05) is 6.08 Å². The lowest BCUT2D eigenvalue weighted by atomic mass is 10.1. The van der Waals surface area contributed by atoms with Crippen LogP contribution in [0.1, 0.15) is 13.3 Å². The van der Waals surface area contributed by atoms with Crippen LogP contribution in [0.3, 0.4) is 0 Å². The molecule has 0 bridgehead atoms. The van der Waals surface area contributed by atoms with Crippen molar-refractivity contribution in [3.05, 3.63) is 12.7 Å². The molecule has 1 rings (SSSR count). The summed E-state index contributed by atoms with van der Waals surface area (Å²) in [5, 5.41) is 8.63. The Morgan fingerprint density at radius 3 is 3.14 bits per heavy atom. The van der Waals surface area contributed by atoms with Crippen LogP contribution in [-0.4, -0.2) is 47.8 Å². The number of carbonyl (C=O) groups is 1. The topological polar surface area (TPSA) is 49.8 Å². The average Bonchev–Trinajstić information content (AvgIpc) is 2.16. The van der Waals surface area contributed by atoms with Gasteiger partial charge in [-0.25, -0.2) is 0 Å². The van der Waals surface area contributed by atoms with E-state index in [4.69, 9.17) is 9.84 Å². The molecule has 1 fully saturated rings. The fourth-order valence-corrected chi connectivity index (χ4v) is 1.58. The Hall–Kier alpha value is -0.870. The highest BCUT2D eigenvalue weighted by Gasteiger charge is 2.24. The van der Waals surface area contributed by atoms with Crippen LogP contribution in [-0.2, 0) is 9.53 Å².